The Hall–Kier alpha value is -0.0400. The average molecular weight is 195 g/mol. The van der Waals surface area contributed by atoms with Crippen LogP contribution in [0.1, 0.15) is 58.8 Å². The zero-order chi connectivity index (χ0) is 10.0. The lowest BCUT2D eigenvalue weighted by Gasteiger charge is -2.39. The summed E-state index contributed by atoms with van der Waals surface area (Å²) in [6.45, 7) is 7.51. The summed E-state index contributed by atoms with van der Waals surface area (Å²) in [7, 11) is 0. The zero-order valence-corrected chi connectivity index (χ0v) is 9.89. The summed E-state index contributed by atoms with van der Waals surface area (Å²) in [5.41, 5.74) is 0.658. The van der Waals surface area contributed by atoms with Crippen molar-refractivity contribution in [1.82, 2.24) is 4.90 Å². The van der Waals surface area contributed by atoms with E-state index in [0.29, 0.717) is 5.54 Å². The van der Waals surface area contributed by atoms with Gasteiger partial charge in [-0.25, -0.2) is 0 Å². The monoisotopic (exact) mass is 195 g/mol. The van der Waals surface area contributed by atoms with Crippen LogP contribution in [0, 0.1) is 5.92 Å². The highest BCUT2D eigenvalue weighted by atomic mass is 15.2. The highest BCUT2D eigenvalue weighted by Gasteiger charge is 2.48. The minimum Gasteiger partial charge on any atom is -0.297 e. The van der Waals surface area contributed by atoms with Gasteiger partial charge >= 0.3 is 0 Å². The minimum atomic E-state index is 0.658. The van der Waals surface area contributed by atoms with E-state index in [1.165, 1.54) is 58.0 Å². The Bertz CT molecular complexity index is 178. The second-order valence-corrected chi connectivity index (χ2v) is 5.19. The second-order valence-electron chi connectivity index (χ2n) is 5.19. The molecule has 2 aliphatic heterocycles. The SMILES string of the molecule is CCCC(CC)C12CCCN1CCC2. The molecule has 14 heavy (non-hydrogen) atoms. The van der Waals surface area contributed by atoms with E-state index in [9.17, 15) is 0 Å². The Morgan fingerprint density at radius 1 is 1.14 bits per heavy atom. The van der Waals surface area contributed by atoms with E-state index in [1.54, 1.807) is 0 Å². The lowest BCUT2D eigenvalue weighted by Crippen LogP contribution is -2.44. The number of nitrogens with zero attached hydrogens (tertiary/aromatic N) is 1. The molecular formula is C13H25N. The molecule has 82 valence electrons. The van der Waals surface area contributed by atoms with Gasteiger partial charge in [0.1, 0.15) is 0 Å². The molecule has 1 nitrogen and oxygen atoms in total. The lowest BCUT2D eigenvalue weighted by molar-refractivity contribution is 0.105. The fourth-order valence-electron chi connectivity index (χ4n) is 4.02. The van der Waals surface area contributed by atoms with E-state index >= 15 is 0 Å². The van der Waals surface area contributed by atoms with Crippen molar-refractivity contribution in [1.29, 1.82) is 0 Å². The molecule has 0 N–H and O–H groups in total. The van der Waals surface area contributed by atoms with E-state index in [-0.39, 0.29) is 0 Å². The maximum Gasteiger partial charge on any atom is 0.0238 e. The van der Waals surface area contributed by atoms with Gasteiger partial charge in [0.15, 0.2) is 0 Å². The van der Waals surface area contributed by atoms with Gasteiger partial charge in [-0.15, -0.1) is 0 Å². The van der Waals surface area contributed by atoms with Crippen LogP contribution in [0.5, 0.6) is 0 Å². The molecule has 2 fully saturated rings. The van der Waals surface area contributed by atoms with Crippen molar-refractivity contribution in [3.63, 3.8) is 0 Å². The quantitative estimate of drug-likeness (QED) is 0.664. The molecule has 0 aromatic heterocycles. The predicted octanol–water partition coefficient (Wildman–Crippen LogP) is 3.44. The molecule has 0 amide bonds. The lowest BCUT2D eigenvalue weighted by atomic mass is 9.76. The van der Waals surface area contributed by atoms with Crippen LogP contribution in [-0.4, -0.2) is 23.5 Å². The molecular weight excluding hydrogens is 170 g/mol. The molecule has 2 aliphatic rings. The van der Waals surface area contributed by atoms with Gasteiger partial charge in [-0.3, -0.25) is 4.90 Å². The van der Waals surface area contributed by atoms with Crippen LogP contribution in [0.4, 0.5) is 0 Å². The van der Waals surface area contributed by atoms with Gasteiger partial charge < -0.3 is 0 Å². The molecule has 1 heteroatoms. The summed E-state index contributed by atoms with van der Waals surface area (Å²) in [4.78, 5) is 2.82. The summed E-state index contributed by atoms with van der Waals surface area (Å²) >= 11 is 0. The molecule has 0 spiro atoms. The third-order valence-corrected chi connectivity index (χ3v) is 4.60. The van der Waals surface area contributed by atoms with Gasteiger partial charge in [0.2, 0.25) is 0 Å². The Morgan fingerprint density at radius 2 is 1.79 bits per heavy atom. The number of hydrogen-bond donors (Lipinski definition) is 0. The third-order valence-electron chi connectivity index (χ3n) is 4.60. The topological polar surface area (TPSA) is 3.24 Å². The van der Waals surface area contributed by atoms with Crippen LogP contribution >= 0.6 is 0 Å². The van der Waals surface area contributed by atoms with Gasteiger partial charge in [-0.2, -0.15) is 0 Å². The molecule has 0 saturated carbocycles. The summed E-state index contributed by atoms with van der Waals surface area (Å²) < 4.78 is 0. The van der Waals surface area contributed by atoms with Crippen LogP contribution in [-0.2, 0) is 0 Å². The van der Waals surface area contributed by atoms with Crippen molar-refractivity contribution >= 4 is 0 Å². The van der Waals surface area contributed by atoms with Crippen molar-refractivity contribution in [3.8, 4) is 0 Å². The van der Waals surface area contributed by atoms with E-state index in [0.717, 1.165) is 5.92 Å². The Kier molecular flexibility index (Phi) is 3.16. The maximum atomic E-state index is 2.82. The number of fused-ring (bicyclic) bond motifs is 1. The molecule has 0 bridgehead atoms. The molecule has 0 aliphatic carbocycles. The van der Waals surface area contributed by atoms with Crippen molar-refractivity contribution in [2.45, 2.75) is 64.3 Å². The first-order valence-electron chi connectivity index (χ1n) is 6.58. The molecule has 1 unspecified atom stereocenters. The van der Waals surface area contributed by atoms with Crippen molar-refractivity contribution in [2.75, 3.05) is 13.1 Å². The molecule has 0 radical (unpaired) electrons. The maximum absolute atomic E-state index is 2.82. The Morgan fingerprint density at radius 3 is 2.29 bits per heavy atom. The van der Waals surface area contributed by atoms with Gasteiger partial charge in [0, 0.05) is 5.54 Å². The summed E-state index contributed by atoms with van der Waals surface area (Å²) in [5, 5.41) is 0. The first-order chi connectivity index (χ1) is 6.83. The summed E-state index contributed by atoms with van der Waals surface area (Å²) in [6.07, 6.45) is 10.1. The zero-order valence-electron chi connectivity index (χ0n) is 9.89. The van der Waals surface area contributed by atoms with Crippen LogP contribution < -0.4 is 0 Å². The molecule has 2 heterocycles. The van der Waals surface area contributed by atoms with Crippen molar-refractivity contribution in [3.05, 3.63) is 0 Å². The van der Waals surface area contributed by atoms with E-state index in [2.05, 4.69) is 18.7 Å². The average Bonchev–Trinajstić information content (AvgIpc) is 2.72. The van der Waals surface area contributed by atoms with Gasteiger partial charge in [0.05, 0.1) is 0 Å². The van der Waals surface area contributed by atoms with E-state index in [4.69, 9.17) is 0 Å². The molecule has 0 aromatic carbocycles. The van der Waals surface area contributed by atoms with E-state index < -0.39 is 0 Å². The molecule has 1 atom stereocenters. The predicted molar refractivity (Wildman–Crippen MR) is 61.5 cm³/mol. The Labute approximate surface area is 88.9 Å². The fourth-order valence-corrected chi connectivity index (χ4v) is 4.02. The summed E-state index contributed by atoms with van der Waals surface area (Å²) in [6, 6.07) is 0. The van der Waals surface area contributed by atoms with E-state index in [1.807, 2.05) is 0 Å². The smallest absolute Gasteiger partial charge is 0.0238 e. The fraction of sp³-hybridized carbons (Fsp3) is 1.00. The number of rotatable bonds is 4. The highest BCUT2D eigenvalue weighted by molar-refractivity contribution is 5.03. The van der Waals surface area contributed by atoms with Crippen LogP contribution in [0.2, 0.25) is 0 Å². The summed E-state index contributed by atoms with van der Waals surface area (Å²) in [5.74, 6) is 0.984. The van der Waals surface area contributed by atoms with Crippen LogP contribution in [0.25, 0.3) is 0 Å². The minimum absolute atomic E-state index is 0.658. The van der Waals surface area contributed by atoms with Gasteiger partial charge in [-0.1, -0.05) is 26.7 Å². The van der Waals surface area contributed by atoms with Crippen molar-refractivity contribution < 1.29 is 0 Å². The normalized spacial score (nSPS) is 27.9. The van der Waals surface area contributed by atoms with Gasteiger partial charge in [0.25, 0.3) is 0 Å². The first kappa shape index (κ1) is 10.5. The second kappa shape index (κ2) is 4.22. The molecule has 0 aromatic rings. The van der Waals surface area contributed by atoms with Crippen LogP contribution in [0.15, 0.2) is 0 Å². The Balaban J connectivity index is 2.11. The highest BCUT2D eigenvalue weighted by Crippen LogP contribution is 2.46. The van der Waals surface area contributed by atoms with Crippen molar-refractivity contribution in [2.24, 2.45) is 5.92 Å². The standard InChI is InChI=1S/C13H25N/c1-3-7-12(4-2)13-8-5-10-14(13)11-6-9-13/h12H,3-11H2,1-2H3. The third kappa shape index (κ3) is 1.50. The van der Waals surface area contributed by atoms with Crippen LogP contribution in [0.3, 0.4) is 0 Å². The van der Waals surface area contributed by atoms with Gasteiger partial charge in [-0.05, 0) is 51.1 Å². The number of hydrogen-bond acceptors (Lipinski definition) is 1. The molecule has 2 rings (SSSR count). The molecule has 2 saturated heterocycles. The first-order valence-corrected chi connectivity index (χ1v) is 6.58. The largest absolute Gasteiger partial charge is 0.297 e.